The van der Waals surface area contributed by atoms with Crippen LogP contribution in [0, 0.1) is 6.92 Å². The second-order valence-electron chi connectivity index (χ2n) is 8.75. The number of β-amino-alcohol motifs (C(OH)–C–C–N with tert-alkyl or cyclic N) is 1. The number of piperidine rings is 1. The number of aliphatic hydroxyl groups excluding tert-OH is 1. The zero-order valence-corrected chi connectivity index (χ0v) is 21.1. The van der Waals surface area contributed by atoms with E-state index in [9.17, 15) is 9.90 Å². The van der Waals surface area contributed by atoms with Crippen molar-refractivity contribution < 1.29 is 9.90 Å². The molecule has 2 saturated heterocycles. The quantitative estimate of drug-likeness (QED) is 0.372. The molecular formula is C24H31ClN6O2S. The summed E-state index contributed by atoms with van der Waals surface area (Å²) >= 11 is 9.66. The number of anilines is 2. The summed E-state index contributed by atoms with van der Waals surface area (Å²) in [6, 6.07) is 6.81. The van der Waals surface area contributed by atoms with E-state index in [-0.39, 0.29) is 18.1 Å². The molecule has 2 atom stereocenters. The molecule has 182 valence electrons. The fourth-order valence-electron chi connectivity index (χ4n) is 4.79. The molecule has 0 aliphatic carbocycles. The smallest absolute Gasteiger partial charge is 0.256 e. The average Bonchev–Trinajstić information content (AvgIpc) is 3.46. The first kappa shape index (κ1) is 24.6. The molecule has 4 heterocycles. The third-order valence-electron chi connectivity index (χ3n) is 6.44. The van der Waals surface area contributed by atoms with Crippen LogP contribution in [0.25, 0.3) is 5.65 Å². The van der Waals surface area contributed by atoms with E-state index in [2.05, 4.69) is 17.5 Å². The van der Waals surface area contributed by atoms with Crippen molar-refractivity contribution in [3.8, 4) is 0 Å². The monoisotopic (exact) mass is 502 g/mol. The van der Waals surface area contributed by atoms with Gasteiger partial charge in [-0.05, 0) is 57.1 Å². The van der Waals surface area contributed by atoms with Gasteiger partial charge in [-0.25, -0.2) is 9.50 Å². The molecule has 2 aliphatic heterocycles. The van der Waals surface area contributed by atoms with Gasteiger partial charge in [0.15, 0.2) is 5.65 Å². The lowest BCUT2D eigenvalue weighted by molar-refractivity contribution is 0.0607. The number of rotatable bonds is 3. The molecule has 2 aliphatic rings. The van der Waals surface area contributed by atoms with Gasteiger partial charge in [-0.2, -0.15) is 17.7 Å². The lowest BCUT2D eigenvalue weighted by Gasteiger charge is -2.35. The van der Waals surface area contributed by atoms with Gasteiger partial charge in [0.25, 0.3) is 5.91 Å². The Morgan fingerprint density at radius 1 is 1.21 bits per heavy atom. The molecule has 1 aromatic carbocycles. The summed E-state index contributed by atoms with van der Waals surface area (Å²) in [4.78, 5) is 22.2. The zero-order chi connectivity index (χ0) is 24.4. The maximum atomic E-state index is 13.4. The van der Waals surface area contributed by atoms with Crippen LogP contribution in [0.4, 0.5) is 11.5 Å². The van der Waals surface area contributed by atoms with E-state index < -0.39 is 0 Å². The van der Waals surface area contributed by atoms with Crippen molar-refractivity contribution in [1.29, 1.82) is 0 Å². The Labute approximate surface area is 210 Å². The minimum atomic E-state index is -0.311. The molecule has 8 nitrogen and oxygen atoms in total. The first-order chi connectivity index (χ1) is 16.4. The number of aromatic nitrogens is 3. The number of fused-ring (bicyclic) bond motifs is 1. The number of nitrogens with two attached hydrogens (primary N) is 1. The highest BCUT2D eigenvalue weighted by atomic mass is 35.5. The molecule has 34 heavy (non-hydrogen) atoms. The number of amides is 1. The van der Waals surface area contributed by atoms with E-state index in [0.717, 1.165) is 55.0 Å². The minimum absolute atomic E-state index is 0.123. The van der Waals surface area contributed by atoms with E-state index in [1.807, 2.05) is 24.1 Å². The van der Waals surface area contributed by atoms with Gasteiger partial charge in [-0.15, -0.1) is 0 Å². The highest BCUT2D eigenvalue weighted by Crippen LogP contribution is 2.34. The molecule has 1 amide bonds. The Morgan fingerprint density at radius 3 is 2.74 bits per heavy atom. The second-order valence-corrected chi connectivity index (χ2v) is 9.19. The van der Waals surface area contributed by atoms with Gasteiger partial charge in [-0.1, -0.05) is 11.6 Å². The molecule has 2 fully saturated rings. The van der Waals surface area contributed by atoms with Crippen molar-refractivity contribution in [2.75, 3.05) is 36.5 Å². The van der Waals surface area contributed by atoms with Gasteiger partial charge < -0.3 is 20.6 Å². The van der Waals surface area contributed by atoms with Crippen LogP contribution in [-0.2, 0) is 0 Å². The third kappa shape index (κ3) is 4.82. The molecule has 2 unspecified atom stereocenters. The van der Waals surface area contributed by atoms with E-state index in [1.165, 1.54) is 0 Å². The lowest BCUT2D eigenvalue weighted by Crippen LogP contribution is -2.39. The molecule has 0 radical (unpaired) electrons. The molecular weight excluding hydrogens is 472 g/mol. The van der Waals surface area contributed by atoms with E-state index in [1.54, 1.807) is 29.0 Å². The van der Waals surface area contributed by atoms with Gasteiger partial charge in [0.05, 0.1) is 23.4 Å². The van der Waals surface area contributed by atoms with Crippen LogP contribution in [0.3, 0.4) is 0 Å². The highest BCUT2D eigenvalue weighted by molar-refractivity contribution is 7.79. The van der Waals surface area contributed by atoms with Gasteiger partial charge in [0, 0.05) is 48.2 Å². The lowest BCUT2D eigenvalue weighted by atomic mass is 9.98. The van der Waals surface area contributed by atoms with Crippen LogP contribution >= 0.6 is 24.2 Å². The van der Waals surface area contributed by atoms with Crippen LogP contribution in [0.5, 0.6) is 0 Å². The number of aliphatic hydroxyl groups is 1. The highest BCUT2D eigenvalue weighted by Gasteiger charge is 2.32. The molecule has 10 heteroatoms. The van der Waals surface area contributed by atoms with Crippen molar-refractivity contribution >= 4 is 47.3 Å². The van der Waals surface area contributed by atoms with Gasteiger partial charge in [0.1, 0.15) is 5.82 Å². The fraction of sp³-hybridized carbons (Fsp3) is 0.458. The number of nitrogen functional groups attached to an aromatic ring is 1. The van der Waals surface area contributed by atoms with Crippen molar-refractivity contribution in [3.63, 3.8) is 0 Å². The number of carbonyl (C=O) groups excluding carboxylic acids is 1. The average molecular weight is 503 g/mol. The number of hydrogen-bond acceptors (Lipinski definition) is 7. The Bertz CT molecular complexity index is 1190. The molecule has 3 aromatic rings. The summed E-state index contributed by atoms with van der Waals surface area (Å²) in [5, 5.41) is 15.2. The van der Waals surface area contributed by atoms with Gasteiger partial charge >= 0.3 is 0 Å². The van der Waals surface area contributed by atoms with Crippen molar-refractivity contribution in [1.82, 2.24) is 19.5 Å². The Kier molecular flexibility index (Phi) is 7.54. The summed E-state index contributed by atoms with van der Waals surface area (Å²) < 4.78 is 1.78. The number of carbonyl (C=O) groups is 1. The van der Waals surface area contributed by atoms with Gasteiger partial charge in [0.2, 0.25) is 0 Å². The number of likely N-dealkylation sites (tertiary alicyclic amines) is 1. The first-order valence-electron chi connectivity index (χ1n) is 11.5. The predicted octanol–water partition coefficient (Wildman–Crippen LogP) is 3.76. The van der Waals surface area contributed by atoms with E-state index in [0.29, 0.717) is 29.4 Å². The SMILES string of the molecule is CS.Cc1cn2nc(C3CCCCN3C(=O)c3cc(Cl)ccc3N)cc2nc1N1CCC(O)C1. The third-order valence-corrected chi connectivity index (χ3v) is 6.67. The molecule has 0 spiro atoms. The van der Waals surface area contributed by atoms with Crippen LogP contribution in [-0.4, -0.2) is 62.5 Å². The number of nitrogens with zero attached hydrogens (tertiary/aromatic N) is 5. The summed E-state index contributed by atoms with van der Waals surface area (Å²) in [7, 11) is 0. The predicted molar refractivity (Wildman–Crippen MR) is 139 cm³/mol. The Morgan fingerprint density at radius 2 is 2.00 bits per heavy atom. The van der Waals surface area contributed by atoms with Crippen molar-refractivity contribution in [2.24, 2.45) is 0 Å². The van der Waals surface area contributed by atoms with Crippen LogP contribution in [0.15, 0.2) is 30.5 Å². The van der Waals surface area contributed by atoms with E-state index in [4.69, 9.17) is 27.4 Å². The Balaban J connectivity index is 0.00000133. The van der Waals surface area contributed by atoms with Gasteiger partial charge in [-0.3, -0.25) is 4.79 Å². The fourth-order valence-corrected chi connectivity index (χ4v) is 4.96. The topological polar surface area (TPSA) is 100.0 Å². The number of benzene rings is 1. The van der Waals surface area contributed by atoms with Crippen LogP contribution in [0.1, 0.15) is 53.3 Å². The zero-order valence-electron chi connectivity index (χ0n) is 19.5. The van der Waals surface area contributed by atoms with Crippen molar-refractivity contribution in [2.45, 2.75) is 44.8 Å². The second kappa shape index (κ2) is 10.4. The van der Waals surface area contributed by atoms with Crippen LogP contribution in [0.2, 0.25) is 5.02 Å². The normalized spacial score (nSPS) is 20.4. The number of aryl methyl sites for hydroxylation is 1. The largest absolute Gasteiger partial charge is 0.398 e. The number of thiol groups is 1. The van der Waals surface area contributed by atoms with Crippen molar-refractivity contribution in [3.05, 3.63) is 52.3 Å². The summed E-state index contributed by atoms with van der Waals surface area (Å²) in [6.45, 7) is 4.04. The maximum absolute atomic E-state index is 13.4. The summed E-state index contributed by atoms with van der Waals surface area (Å²) in [5.74, 6) is 0.756. The molecule has 3 N–H and O–H groups in total. The molecule has 0 bridgehead atoms. The number of halogens is 1. The number of hydrogen-bond donors (Lipinski definition) is 3. The first-order valence-corrected chi connectivity index (χ1v) is 12.8. The Hall–Kier alpha value is -2.49. The minimum Gasteiger partial charge on any atom is -0.398 e. The van der Waals surface area contributed by atoms with E-state index >= 15 is 0 Å². The van der Waals surface area contributed by atoms with Crippen LogP contribution < -0.4 is 10.6 Å². The maximum Gasteiger partial charge on any atom is 0.256 e. The molecule has 2 aromatic heterocycles. The summed E-state index contributed by atoms with van der Waals surface area (Å²) in [5.41, 5.74) is 9.50. The molecule has 5 rings (SSSR count). The summed E-state index contributed by atoms with van der Waals surface area (Å²) in [6.07, 6.45) is 6.90. The molecule has 0 saturated carbocycles. The standard InChI is InChI=1S/C23H27ClN6O2.CH4S/c1-14-12-30-21(26-22(14)28-9-7-16(31)13-28)11-19(27-30)20-4-2-3-8-29(20)23(32)17-10-15(24)5-6-18(17)25;1-2/h5-6,10-12,16,20,31H,2-4,7-9,13,25H2,1H3;2H,1H3.